The van der Waals surface area contributed by atoms with Crippen molar-refractivity contribution in [2.24, 2.45) is 5.92 Å². The van der Waals surface area contributed by atoms with Gasteiger partial charge in [0.25, 0.3) is 0 Å². The summed E-state index contributed by atoms with van der Waals surface area (Å²) in [4.78, 5) is 0.293. The molecule has 0 spiro atoms. The normalized spacial score (nSPS) is 23.4. The molecular formula is C14H21NO3S. The zero-order valence-electron chi connectivity index (χ0n) is 11.3. The molecule has 0 unspecified atom stereocenters. The third-order valence-corrected chi connectivity index (χ3v) is 4.85. The number of aliphatic hydroxyl groups is 1. The molecule has 1 aromatic carbocycles. The van der Waals surface area contributed by atoms with E-state index in [2.05, 4.69) is 18.6 Å². The highest BCUT2D eigenvalue weighted by Gasteiger charge is 2.31. The molecule has 1 saturated carbocycles. The van der Waals surface area contributed by atoms with E-state index in [-0.39, 0.29) is 12.1 Å². The molecule has 1 fully saturated rings. The second kappa shape index (κ2) is 5.61. The van der Waals surface area contributed by atoms with Crippen LogP contribution in [0.4, 0.5) is 0 Å². The number of rotatable bonds is 5. The first-order valence-electron chi connectivity index (χ1n) is 6.66. The van der Waals surface area contributed by atoms with E-state index in [4.69, 9.17) is 0 Å². The Morgan fingerprint density at radius 3 is 2.32 bits per heavy atom. The Bertz CT molecular complexity index is 516. The van der Waals surface area contributed by atoms with Gasteiger partial charge < -0.3 is 5.11 Å². The van der Waals surface area contributed by atoms with Crippen molar-refractivity contribution < 1.29 is 13.5 Å². The van der Waals surface area contributed by atoms with Crippen molar-refractivity contribution in [3.05, 3.63) is 29.8 Å². The molecule has 0 aliphatic heterocycles. The van der Waals surface area contributed by atoms with Crippen molar-refractivity contribution in [2.75, 3.05) is 0 Å². The van der Waals surface area contributed by atoms with E-state index in [1.807, 2.05) is 12.1 Å². The predicted octanol–water partition coefficient (Wildman–Crippen LogP) is 1.69. The Labute approximate surface area is 114 Å². The summed E-state index contributed by atoms with van der Waals surface area (Å²) in [7, 11) is -3.45. The summed E-state index contributed by atoms with van der Waals surface area (Å²) in [6, 6.07) is 6.90. The average molecular weight is 283 g/mol. The van der Waals surface area contributed by atoms with Crippen molar-refractivity contribution in [3.63, 3.8) is 0 Å². The van der Waals surface area contributed by atoms with E-state index in [1.165, 1.54) is 0 Å². The number of hydrogen-bond donors (Lipinski definition) is 2. The lowest BCUT2D eigenvalue weighted by molar-refractivity contribution is 0.0712. The quantitative estimate of drug-likeness (QED) is 0.864. The minimum Gasteiger partial charge on any atom is -0.393 e. The van der Waals surface area contributed by atoms with Gasteiger partial charge in [0, 0.05) is 6.04 Å². The molecule has 4 nitrogen and oxygen atoms in total. The van der Waals surface area contributed by atoms with Gasteiger partial charge in [-0.15, -0.1) is 0 Å². The molecule has 0 amide bonds. The van der Waals surface area contributed by atoms with Gasteiger partial charge in [-0.2, -0.15) is 0 Å². The lowest BCUT2D eigenvalue weighted by Crippen LogP contribution is -2.46. The van der Waals surface area contributed by atoms with Crippen LogP contribution in [0.3, 0.4) is 0 Å². The molecule has 0 atom stereocenters. The summed E-state index contributed by atoms with van der Waals surface area (Å²) < 4.78 is 26.8. The van der Waals surface area contributed by atoms with Gasteiger partial charge in [0.2, 0.25) is 10.0 Å². The molecule has 2 rings (SSSR count). The first kappa shape index (κ1) is 14.5. The Morgan fingerprint density at radius 2 is 1.84 bits per heavy atom. The van der Waals surface area contributed by atoms with Crippen LogP contribution in [-0.2, 0) is 16.4 Å². The van der Waals surface area contributed by atoms with Gasteiger partial charge in [0.15, 0.2) is 0 Å². The molecular weight excluding hydrogens is 262 g/mol. The number of nitrogens with one attached hydrogen (secondary N) is 1. The van der Waals surface area contributed by atoms with Crippen LogP contribution in [0, 0.1) is 5.92 Å². The Morgan fingerprint density at radius 1 is 1.26 bits per heavy atom. The molecule has 1 aromatic rings. The Kier molecular flexibility index (Phi) is 4.28. The van der Waals surface area contributed by atoms with Gasteiger partial charge in [0.05, 0.1) is 11.0 Å². The predicted molar refractivity (Wildman–Crippen MR) is 74.3 cm³/mol. The fourth-order valence-electron chi connectivity index (χ4n) is 2.25. The SMILES string of the molecule is CC(C)Cc1ccc(S(=O)(=O)NC2CC(O)C2)cc1. The summed E-state index contributed by atoms with van der Waals surface area (Å²) in [6.45, 7) is 4.27. The maximum atomic E-state index is 12.1. The van der Waals surface area contributed by atoms with Crippen LogP contribution in [0.1, 0.15) is 32.3 Å². The highest BCUT2D eigenvalue weighted by molar-refractivity contribution is 7.89. The van der Waals surface area contributed by atoms with Crippen LogP contribution in [0.15, 0.2) is 29.2 Å². The molecule has 0 radical (unpaired) electrons. The molecule has 0 bridgehead atoms. The van der Waals surface area contributed by atoms with Crippen molar-refractivity contribution in [3.8, 4) is 0 Å². The molecule has 106 valence electrons. The first-order chi connectivity index (χ1) is 8.87. The molecule has 19 heavy (non-hydrogen) atoms. The average Bonchev–Trinajstić information content (AvgIpc) is 2.26. The van der Waals surface area contributed by atoms with Gasteiger partial charge in [-0.3, -0.25) is 0 Å². The van der Waals surface area contributed by atoms with E-state index in [9.17, 15) is 13.5 Å². The van der Waals surface area contributed by atoms with Crippen molar-refractivity contribution in [1.82, 2.24) is 4.72 Å². The van der Waals surface area contributed by atoms with Crippen LogP contribution in [-0.4, -0.2) is 25.7 Å². The second-order valence-electron chi connectivity index (χ2n) is 5.69. The standard InChI is InChI=1S/C14H21NO3S/c1-10(2)7-11-3-5-14(6-4-11)19(17,18)15-12-8-13(16)9-12/h3-6,10,12-13,15-16H,7-9H2,1-2H3. The number of benzene rings is 1. The van der Waals surface area contributed by atoms with Gasteiger partial charge in [0.1, 0.15) is 0 Å². The van der Waals surface area contributed by atoms with Crippen LogP contribution in [0.25, 0.3) is 0 Å². The minimum atomic E-state index is -3.45. The molecule has 5 heteroatoms. The lowest BCUT2D eigenvalue weighted by atomic mass is 9.91. The second-order valence-corrected chi connectivity index (χ2v) is 7.40. The Hall–Kier alpha value is -0.910. The summed E-state index contributed by atoms with van der Waals surface area (Å²) >= 11 is 0. The highest BCUT2D eigenvalue weighted by Crippen LogP contribution is 2.22. The summed E-state index contributed by atoms with van der Waals surface area (Å²) in [5, 5.41) is 9.17. The van der Waals surface area contributed by atoms with E-state index in [0.29, 0.717) is 23.7 Å². The topological polar surface area (TPSA) is 66.4 Å². The number of aliphatic hydroxyl groups excluding tert-OH is 1. The number of sulfonamides is 1. The van der Waals surface area contributed by atoms with Crippen LogP contribution in [0.2, 0.25) is 0 Å². The largest absolute Gasteiger partial charge is 0.393 e. The van der Waals surface area contributed by atoms with E-state index in [1.54, 1.807) is 12.1 Å². The third kappa shape index (κ3) is 3.78. The van der Waals surface area contributed by atoms with Gasteiger partial charge in [-0.05, 0) is 42.9 Å². The van der Waals surface area contributed by atoms with E-state index in [0.717, 1.165) is 12.0 Å². The van der Waals surface area contributed by atoms with Crippen LogP contribution < -0.4 is 4.72 Å². The summed E-state index contributed by atoms with van der Waals surface area (Å²) in [5.74, 6) is 0.553. The molecule has 1 aliphatic rings. The lowest BCUT2D eigenvalue weighted by Gasteiger charge is -2.31. The third-order valence-electron chi connectivity index (χ3n) is 3.31. The van der Waals surface area contributed by atoms with E-state index < -0.39 is 10.0 Å². The zero-order chi connectivity index (χ0) is 14.0. The molecule has 0 saturated heterocycles. The maximum Gasteiger partial charge on any atom is 0.240 e. The van der Waals surface area contributed by atoms with Gasteiger partial charge in [-0.1, -0.05) is 26.0 Å². The number of hydrogen-bond acceptors (Lipinski definition) is 3. The van der Waals surface area contributed by atoms with Crippen LogP contribution >= 0.6 is 0 Å². The molecule has 1 aliphatic carbocycles. The van der Waals surface area contributed by atoms with Gasteiger partial charge in [-0.25, -0.2) is 13.1 Å². The van der Waals surface area contributed by atoms with Crippen molar-refractivity contribution in [2.45, 2.75) is 50.2 Å². The van der Waals surface area contributed by atoms with Crippen LogP contribution in [0.5, 0.6) is 0 Å². The zero-order valence-corrected chi connectivity index (χ0v) is 12.2. The van der Waals surface area contributed by atoms with Gasteiger partial charge >= 0.3 is 0 Å². The smallest absolute Gasteiger partial charge is 0.240 e. The summed E-state index contributed by atoms with van der Waals surface area (Å²) in [5.41, 5.74) is 1.15. The minimum absolute atomic E-state index is 0.129. The van der Waals surface area contributed by atoms with Crippen molar-refractivity contribution in [1.29, 1.82) is 0 Å². The molecule has 0 aromatic heterocycles. The summed E-state index contributed by atoms with van der Waals surface area (Å²) in [6.07, 6.45) is 1.60. The highest BCUT2D eigenvalue weighted by atomic mass is 32.2. The Balaban J connectivity index is 2.04. The fraction of sp³-hybridized carbons (Fsp3) is 0.571. The molecule has 2 N–H and O–H groups in total. The monoisotopic (exact) mass is 283 g/mol. The fourth-order valence-corrected chi connectivity index (χ4v) is 3.51. The maximum absolute atomic E-state index is 12.1. The van der Waals surface area contributed by atoms with Crippen molar-refractivity contribution >= 4 is 10.0 Å². The first-order valence-corrected chi connectivity index (χ1v) is 8.14. The molecule has 0 heterocycles. The van der Waals surface area contributed by atoms with E-state index >= 15 is 0 Å².